The third-order valence-corrected chi connectivity index (χ3v) is 3.04. The molecule has 24 heavy (non-hydrogen) atoms. The van der Waals surface area contributed by atoms with Gasteiger partial charge in [0.25, 0.3) is 0 Å². The SMILES string of the molecule is FC(F)(F)C(C#Cc1ccccc1)OCCOCc1ccccc1. The fourth-order valence-corrected chi connectivity index (χ4v) is 1.88. The molecule has 0 saturated carbocycles. The largest absolute Gasteiger partial charge is 0.426 e. The molecular weight excluding hydrogens is 317 g/mol. The Bertz CT molecular complexity index is 658. The van der Waals surface area contributed by atoms with E-state index in [1.165, 1.54) is 0 Å². The van der Waals surface area contributed by atoms with Gasteiger partial charge in [0.15, 0.2) is 0 Å². The van der Waals surface area contributed by atoms with Crippen LogP contribution >= 0.6 is 0 Å². The van der Waals surface area contributed by atoms with E-state index >= 15 is 0 Å². The van der Waals surface area contributed by atoms with E-state index in [0.717, 1.165) is 5.56 Å². The first-order valence-electron chi connectivity index (χ1n) is 7.42. The number of benzene rings is 2. The molecule has 2 aromatic carbocycles. The van der Waals surface area contributed by atoms with Gasteiger partial charge >= 0.3 is 6.18 Å². The van der Waals surface area contributed by atoms with E-state index in [1.54, 1.807) is 30.3 Å². The summed E-state index contributed by atoms with van der Waals surface area (Å²) in [6.45, 7) is 0.214. The van der Waals surface area contributed by atoms with Crippen molar-refractivity contribution in [2.24, 2.45) is 0 Å². The van der Waals surface area contributed by atoms with Crippen LogP contribution in [0.15, 0.2) is 60.7 Å². The van der Waals surface area contributed by atoms with Crippen molar-refractivity contribution in [3.63, 3.8) is 0 Å². The van der Waals surface area contributed by atoms with Crippen LogP contribution in [-0.2, 0) is 16.1 Å². The predicted molar refractivity (Wildman–Crippen MR) is 85.2 cm³/mol. The number of halogens is 3. The summed E-state index contributed by atoms with van der Waals surface area (Å²) in [6, 6.07) is 17.9. The molecule has 0 aliphatic heterocycles. The van der Waals surface area contributed by atoms with Crippen LogP contribution in [0.5, 0.6) is 0 Å². The van der Waals surface area contributed by atoms with Crippen LogP contribution in [0.25, 0.3) is 0 Å². The zero-order valence-corrected chi connectivity index (χ0v) is 12.9. The normalized spacial score (nSPS) is 12.3. The van der Waals surface area contributed by atoms with E-state index in [-0.39, 0.29) is 13.2 Å². The van der Waals surface area contributed by atoms with Crippen LogP contribution in [0.4, 0.5) is 13.2 Å². The fourth-order valence-electron chi connectivity index (χ4n) is 1.88. The second kappa shape index (κ2) is 9.11. The van der Waals surface area contributed by atoms with Crippen LogP contribution in [0.1, 0.15) is 11.1 Å². The smallest absolute Gasteiger partial charge is 0.374 e. The van der Waals surface area contributed by atoms with Crippen LogP contribution in [-0.4, -0.2) is 25.5 Å². The van der Waals surface area contributed by atoms with Gasteiger partial charge in [0.2, 0.25) is 6.10 Å². The highest BCUT2D eigenvalue weighted by molar-refractivity contribution is 5.34. The third kappa shape index (κ3) is 6.45. The standard InChI is InChI=1S/C19H17F3O2/c20-19(21,22)18(12-11-16-7-3-1-4-8-16)24-14-13-23-15-17-9-5-2-6-10-17/h1-10,18H,13-15H2. The summed E-state index contributed by atoms with van der Waals surface area (Å²) >= 11 is 0. The fraction of sp³-hybridized carbons (Fsp3) is 0.263. The van der Waals surface area contributed by atoms with Crippen molar-refractivity contribution in [1.29, 1.82) is 0 Å². The molecule has 126 valence electrons. The van der Waals surface area contributed by atoms with Gasteiger partial charge in [0.1, 0.15) is 0 Å². The number of alkyl halides is 3. The third-order valence-electron chi connectivity index (χ3n) is 3.04. The molecule has 0 bridgehead atoms. The summed E-state index contributed by atoms with van der Waals surface area (Å²) in [7, 11) is 0. The number of rotatable bonds is 6. The summed E-state index contributed by atoms with van der Waals surface area (Å²) in [4.78, 5) is 0. The molecule has 0 aliphatic rings. The maximum Gasteiger partial charge on any atom is 0.426 e. The minimum absolute atomic E-state index is 0.0640. The topological polar surface area (TPSA) is 18.5 Å². The molecule has 0 N–H and O–H groups in total. The molecule has 0 saturated heterocycles. The molecule has 5 heteroatoms. The molecule has 0 heterocycles. The molecule has 0 aromatic heterocycles. The number of ether oxygens (including phenoxy) is 2. The monoisotopic (exact) mass is 334 g/mol. The highest BCUT2D eigenvalue weighted by atomic mass is 19.4. The lowest BCUT2D eigenvalue weighted by Crippen LogP contribution is -2.31. The lowest BCUT2D eigenvalue weighted by Gasteiger charge is -2.15. The number of hydrogen-bond acceptors (Lipinski definition) is 2. The van der Waals surface area contributed by atoms with Gasteiger partial charge in [-0.2, -0.15) is 13.2 Å². The van der Waals surface area contributed by atoms with Crippen molar-refractivity contribution in [1.82, 2.24) is 0 Å². The van der Waals surface area contributed by atoms with Crippen LogP contribution in [0.3, 0.4) is 0 Å². The van der Waals surface area contributed by atoms with E-state index in [4.69, 9.17) is 9.47 Å². The first-order valence-corrected chi connectivity index (χ1v) is 7.42. The zero-order chi connectivity index (χ0) is 17.3. The van der Waals surface area contributed by atoms with Crippen LogP contribution in [0.2, 0.25) is 0 Å². The number of hydrogen-bond donors (Lipinski definition) is 0. The summed E-state index contributed by atoms with van der Waals surface area (Å²) in [5.74, 6) is 4.61. The Balaban J connectivity index is 1.81. The molecule has 0 fully saturated rings. The van der Waals surface area contributed by atoms with Gasteiger partial charge in [-0.3, -0.25) is 0 Å². The maximum atomic E-state index is 12.9. The van der Waals surface area contributed by atoms with Gasteiger partial charge in [-0.15, -0.1) is 0 Å². The van der Waals surface area contributed by atoms with E-state index in [2.05, 4.69) is 11.8 Å². The van der Waals surface area contributed by atoms with E-state index in [9.17, 15) is 13.2 Å². The molecule has 0 radical (unpaired) electrons. The molecule has 2 rings (SSSR count). The van der Waals surface area contributed by atoms with Gasteiger partial charge < -0.3 is 9.47 Å². The summed E-state index contributed by atoms with van der Waals surface area (Å²) in [5, 5.41) is 0. The van der Waals surface area contributed by atoms with Crippen molar-refractivity contribution >= 4 is 0 Å². The average molecular weight is 334 g/mol. The quantitative estimate of drug-likeness (QED) is 0.582. The Labute approximate surface area is 139 Å². The molecule has 0 aliphatic carbocycles. The Morgan fingerprint density at radius 3 is 2.12 bits per heavy atom. The summed E-state index contributed by atoms with van der Waals surface area (Å²) in [6.07, 6.45) is -6.67. The summed E-state index contributed by atoms with van der Waals surface area (Å²) < 4.78 is 48.9. The van der Waals surface area contributed by atoms with Crippen molar-refractivity contribution in [2.75, 3.05) is 13.2 Å². The van der Waals surface area contributed by atoms with Crippen LogP contribution in [0, 0.1) is 11.8 Å². The Hall–Kier alpha value is -2.29. The highest BCUT2D eigenvalue weighted by Gasteiger charge is 2.39. The van der Waals surface area contributed by atoms with E-state index in [1.807, 2.05) is 30.3 Å². The van der Waals surface area contributed by atoms with E-state index < -0.39 is 12.3 Å². The maximum absolute atomic E-state index is 12.9. The second-order valence-electron chi connectivity index (χ2n) is 4.97. The zero-order valence-electron chi connectivity index (χ0n) is 12.9. The Morgan fingerprint density at radius 1 is 0.875 bits per heavy atom. The molecule has 2 nitrogen and oxygen atoms in total. The molecule has 1 atom stereocenters. The molecule has 0 amide bonds. The van der Waals surface area contributed by atoms with Crippen molar-refractivity contribution in [2.45, 2.75) is 18.9 Å². The second-order valence-corrected chi connectivity index (χ2v) is 4.97. The molecular formula is C19H17F3O2. The first-order chi connectivity index (χ1) is 11.6. The lowest BCUT2D eigenvalue weighted by molar-refractivity contribution is -0.203. The minimum Gasteiger partial charge on any atom is -0.374 e. The van der Waals surface area contributed by atoms with Gasteiger partial charge in [0, 0.05) is 5.56 Å². The van der Waals surface area contributed by atoms with Crippen molar-refractivity contribution in [3.05, 3.63) is 71.8 Å². The Kier molecular flexibility index (Phi) is 6.86. The average Bonchev–Trinajstić information content (AvgIpc) is 2.58. The first kappa shape index (κ1) is 18.1. The predicted octanol–water partition coefficient (Wildman–Crippen LogP) is 4.20. The highest BCUT2D eigenvalue weighted by Crippen LogP contribution is 2.22. The van der Waals surface area contributed by atoms with Gasteiger partial charge in [-0.1, -0.05) is 60.4 Å². The summed E-state index contributed by atoms with van der Waals surface area (Å²) in [5.41, 5.74) is 1.46. The lowest BCUT2D eigenvalue weighted by atomic mass is 10.2. The molecule has 2 aromatic rings. The van der Waals surface area contributed by atoms with E-state index in [0.29, 0.717) is 12.2 Å². The Morgan fingerprint density at radius 2 is 1.50 bits per heavy atom. The van der Waals surface area contributed by atoms with Crippen LogP contribution < -0.4 is 0 Å². The van der Waals surface area contributed by atoms with Gasteiger partial charge in [-0.05, 0) is 17.7 Å². The minimum atomic E-state index is -4.54. The van der Waals surface area contributed by atoms with Gasteiger partial charge in [-0.25, -0.2) is 0 Å². The van der Waals surface area contributed by atoms with Crippen molar-refractivity contribution in [3.8, 4) is 11.8 Å². The van der Waals surface area contributed by atoms with Crippen molar-refractivity contribution < 1.29 is 22.6 Å². The molecule has 0 spiro atoms. The van der Waals surface area contributed by atoms with Gasteiger partial charge in [0.05, 0.1) is 19.8 Å². The molecule has 1 unspecified atom stereocenters.